The molecule has 3 aromatic carbocycles. The van der Waals surface area contributed by atoms with Crippen molar-refractivity contribution in [1.29, 1.82) is 0 Å². The second-order valence-electron chi connectivity index (χ2n) is 17.1. The number of benzene rings is 3. The van der Waals surface area contributed by atoms with Gasteiger partial charge < -0.3 is 34.9 Å². The number of likely N-dealkylation sites (tertiary alicyclic amines) is 2. The van der Waals surface area contributed by atoms with E-state index in [1.165, 1.54) is 14.2 Å². The number of hydrogen-bond acceptors (Lipinski definition) is 8. The molecule has 0 radical (unpaired) electrons. The summed E-state index contributed by atoms with van der Waals surface area (Å²) in [7, 11) is 2.60. The molecule has 0 spiro atoms. The normalized spacial score (nSPS) is 21.2. The van der Waals surface area contributed by atoms with Gasteiger partial charge in [-0.1, -0.05) is 76.2 Å². The number of rotatable bonds is 11. The van der Waals surface area contributed by atoms with Crippen LogP contribution in [0.3, 0.4) is 0 Å². The maximum atomic E-state index is 13.8. The summed E-state index contributed by atoms with van der Waals surface area (Å²) in [5, 5.41) is 7.72. The van der Waals surface area contributed by atoms with Crippen molar-refractivity contribution in [2.75, 3.05) is 14.2 Å². The number of methoxy groups -OCH3 is 2. The third-order valence-electron chi connectivity index (χ3n) is 12.4. The highest BCUT2D eigenvalue weighted by atomic mass is 16.5. The molecule has 7 rings (SSSR count). The molecule has 4 amide bonds. The van der Waals surface area contributed by atoms with Gasteiger partial charge in [-0.2, -0.15) is 0 Å². The number of aromatic nitrogens is 2. The Kier molecular flexibility index (Phi) is 12.4. The Balaban J connectivity index is 1.01. The number of ether oxygens (including phenoxy) is 2. The van der Waals surface area contributed by atoms with E-state index < -0.39 is 24.3 Å². The van der Waals surface area contributed by atoms with Gasteiger partial charge in [0.15, 0.2) is 0 Å². The van der Waals surface area contributed by atoms with Gasteiger partial charge in [-0.05, 0) is 102 Å². The van der Waals surface area contributed by atoms with Crippen LogP contribution in [0.1, 0.15) is 91.1 Å². The number of carbonyl (C=O) groups excluding carboxylic acids is 4. The predicted molar refractivity (Wildman–Crippen MR) is 233 cm³/mol. The van der Waals surface area contributed by atoms with Gasteiger partial charge in [0, 0.05) is 30.4 Å². The average Bonchev–Trinajstić information content (AvgIpc) is 4.08. The van der Waals surface area contributed by atoms with Gasteiger partial charge >= 0.3 is 12.2 Å². The van der Waals surface area contributed by atoms with E-state index in [0.29, 0.717) is 6.42 Å². The second kappa shape index (κ2) is 17.7. The van der Waals surface area contributed by atoms with Crippen molar-refractivity contribution in [3.63, 3.8) is 0 Å². The summed E-state index contributed by atoms with van der Waals surface area (Å²) in [4.78, 5) is 68.6. The zero-order valence-corrected chi connectivity index (χ0v) is 35.8. The monoisotopic (exact) mass is 815 g/mol. The van der Waals surface area contributed by atoms with Crippen LogP contribution < -0.4 is 10.6 Å². The highest BCUT2D eigenvalue weighted by Crippen LogP contribution is 2.38. The minimum Gasteiger partial charge on any atom is -0.453 e. The molecular formula is C47H57N7O6. The van der Waals surface area contributed by atoms with Crippen molar-refractivity contribution in [3.8, 4) is 22.4 Å². The van der Waals surface area contributed by atoms with E-state index in [1.54, 1.807) is 0 Å². The molecule has 0 saturated carbocycles. The molecule has 0 aliphatic carbocycles. The number of aliphatic imine (C=N–C) groups is 1. The Morgan fingerprint density at radius 3 is 1.75 bits per heavy atom. The molecule has 6 atom stereocenters. The maximum Gasteiger partial charge on any atom is 0.407 e. The van der Waals surface area contributed by atoms with Crippen LogP contribution in [0.25, 0.3) is 38.7 Å². The fraction of sp³-hybridized carbons (Fsp3) is 0.447. The van der Waals surface area contributed by atoms with Crippen LogP contribution in [0.4, 0.5) is 9.59 Å². The molecule has 316 valence electrons. The number of nitrogens with one attached hydrogen (secondary N) is 3. The van der Waals surface area contributed by atoms with Crippen LogP contribution >= 0.6 is 0 Å². The standard InChI is InChI=1S/C47H57N7O6/c1-26(2)41(51-46(57)59-7)44(55)53-28(5)9-19-39(53)37-23-36(24-48-37)35-18-17-33-21-32(15-16-34(33)22-35)30-11-13-31(14-12-30)38-25-49-43(50-38)40-20-10-29(6)54(40)45(56)42(27(3)4)52-47(58)60-8/h11-18,21-22,24-29,39-42H,9-10,19-20,23H2,1-8H3,(H,49,50)(H,51,57)(H,52,58)/t28-,29-,39-,40?,41-,42-/m0/s1. The van der Waals surface area contributed by atoms with Crippen molar-refractivity contribution in [3.05, 3.63) is 84.4 Å². The molecule has 3 N–H and O–H groups in total. The van der Waals surface area contributed by atoms with E-state index in [4.69, 9.17) is 19.5 Å². The maximum absolute atomic E-state index is 13.8. The number of allylic oxidation sites excluding steroid dienone is 1. The fourth-order valence-electron chi connectivity index (χ4n) is 8.97. The number of imidazole rings is 1. The molecular weight excluding hydrogens is 759 g/mol. The second-order valence-corrected chi connectivity index (χ2v) is 17.1. The molecule has 2 saturated heterocycles. The molecule has 4 heterocycles. The van der Waals surface area contributed by atoms with Crippen molar-refractivity contribution in [2.24, 2.45) is 16.8 Å². The Morgan fingerprint density at radius 2 is 1.18 bits per heavy atom. The Morgan fingerprint density at radius 1 is 0.683 bits per heavy atom. The smallest absolute Gasteiger partial charge is 0.407 e. The molecule has 2 fully saturated rings. The molecule has 60 heavy (non-hydrogen) atoms. The van der Waals surface area contributed by atoms with Crippen LogP contribution in [-0.4, -0.2) is 93.9 Å². The summed E-state index contributed by atoms with van der Waals surface area (Å²) < 4.78 is 9.60. The van der Waals surface area contributed by atoms with E-state index in [-0.39, 0.29) is 47.8 Å². The molecule has 1 aromatic heterocycles. The first-order valence-corrected chi connectivity index (χ1v) is 21.1. The SMILES string of the molecule is COC(=O)N[C@H](C(=O)N1C(c2ncc(-c3ccc(-c4ccc5cc(C6=CN=C([C@@H]7CC[C@H](C)N7C(=O)[C@@H](NC(=O)OC)C(C)C)C6)ccc5c4)cc3)[nH]2)CC[C@@H]1C)C(C)C. The number of amides is 4. The summed E-state index contributed by atoms with van der Waals surface area (Å²) in [5.74, 6) is 0.280. The fourth-order valence-corrected chi connectivity index (χ4v) is 8.97. The lowest BCUT2D eigenvalue weighted by atomic mass is 9.94. The highest BCUT2D eigenvalue weighted by molar-refractivity contribution is 6.04. The van der Waals surface area contributed by atoms with E-state index in [0.717, 1.165) is 81.5 Å². The minimum absolute atomic E-state index is 0.00438. The molecule has 3 aliphatic rings. The summed E-state index contributed by atoms with van der Waals surface area (Å²) >= 11 is 0. The molecule has 13 heteroatoms. The number of fused-ring (bicyclic) bond motifs is 1. The minimum atomic E-state index is -0.701. The zero-order valence-electron chi connectivity index (χ0n) is 35.8. The zero-order chi connectivity index (χ0) is 42.8. The van der Waals surface area contributed by atoms with Gasteiger partial charge in [0.2, 0.25) is 11.8 Å². The summed E-state index contributed by atoms with van der Waals surface area (Å²) in [6.07, 6.45) is 6.50. The number of alkyl carbamates (subject to hydrolysis) is 2. The van der Waals surface area contributed by atoms with Crippen molar-refractivity contribution in [1.82, 2.24) is 30.4 Å². The van der Waals surface area contributed by atoms with Crippen molar-refractivity contribution >= 4 is 46.1 Å². The third kappa shape index (κ3) is 8.53. The molecule has 0 bridgehead atoms. The van der Waals surface area contributed by atoms with Crippen LogP contribution in [0.5, 0.6) is 0 Å². The number of hydrogen-bond donors (Lipinski definition) is 3. The van der Waals surface area contributed by atoms with Crippen LogP contribution in [0.15, 0.2) is 78.1 Å². The Hall–Kier alpha value is -5.98. The summed E-state index contributed by atoms with van der Waals surface area (Å²) in [5.41, 5.74) is 7.25. The number of H-pyrrole nitrogens is 1. The number of nitrogens with zero attached hydrogens (tertiary/aromatic N) is 4. The lowest BCUT2D eigenvalue weighted by Gasteiger charge is -2.33. The largest absolute Gasteiger partial charge is 0.453 e. The van der Waals surface area contributed by atoms with Crippen LogP contribution in [-0.2, 0) is 19.1 Å². The van der Waals surface area contributed by atoms with Gasteiger partial charge in [0.25, 0.3) is 0 Å². The average molecular weight is 816 g/mol. The van der Waals surface area contributed by atoms with Gasteiger partial charge in [-0.25, -0.2) is 14.6 Å². The van der Waals surface area contributed by atoms with Crippen molar-refractivity contribution in [2.45, 2.75) is 110 Å². The Bertz CT molecular complexity index is 2310. The lowest BCUT2D eigenvalue weighted by molar-refractivity contribution is -0.137. The van der Waals surface area contributed by atoms with E-state index >= 15 is 0 Å². The van der Waals surface area contributed by atoms with Crippen molar-refractivity contribution < 1.29 is 28.7 Å². The van der Waals surface area contributed by atoms with Crippen LogP contribution in [0, 0.1) is 11.8 Å². The van der Waals surface area contributed by atoms with E-state index in [9.17, 15) is 19.2 Å². The quantitative estimate of drug-likeness (QED) is 0.138. The third-order valence-corrected chi connectivity index (χ3v) is 12.4. The van der Waals surface area contributed by atoms with Gasteiger partial charge in [-0.3, -0.25) is 14.6 Å². The van der Waals surface area contributed by atoms with E-state index in [2.05, 4.69) is 83.2 Å². The molecule has 13 nitrogen and oxygen atoms in total. The topological polar surface area (TPSA) is 158 Å². The first-order valence-electron chi connectivity index (χ1n) is 21.1. The summed E-state index contributed by atoms with van der Waals surface area (Å²) in [6.45, 7) is 11.8. The van der Waals surface area contributed by atoms with E-state index in [1.807, 2.05) is 56.8 Å². The molecule has 3 aliphatic heterocycles. The number of aromatic amines is 1. The Labute approximate surface area is 352 Å². The van der Waals surface area contributed by atoms with Gasteiger partial charge in [0.1, 0.15) is 17.9 Å². The van der Waals surface area contributed by atoms with Crippen LogP contribution in [0.2, 0.25) is 0 Å². The summed E-state index contributed by atoms with van der Waals surface area (Å²) in [6, 6.07) is 19.7. The van der Waals surface area contributed by atoms with Gasteiger partial charge in [0.05, 0.1) is 38.2 Å². The molecule has 1 unspecified atom stereocenters. The lowest BCUT2D eigenvalue weighted by Crippen LogP contribution is -2.55. The molecule has 4 aromatic rings. The predicted octanol–water partition coefficient (Wildman–Crippen LogP) is 8.28. The first kappa shape index (κ1) is 42.2. The number of carbonyl (C=O) groups is 4. The van der Waals surface area contributed by atoms with Gasteiger partial charge in [-0.15, -0.1) is 0 Å². The first-order chi connectivity index (χ1) is 28.8. The highest BCUT2D eigenvalue weighted by Gasteiger charge is 2.43.